The van der Waals surface area contributed by atoms with Crippen LogP contribution in [0.5, 0.6) is 0 Å². The fourth-order valence-electron chi connectivity index (χ4n) is 0. The van der Waals surface area contributed by atoms with Gasteiger partial charge in [0.25, 0.3) is 0 Å². The molecule has 8 heavy (non-hydrogen) atoms. The molecule has 0 spiro atoms. The van der Waals surface area contributed by atoms with Crippen molar-refractivity contribution < 1.29 is 0 Å². The van der Waals surface area contributed by atoms with Crippen molar-refractivity contribution in [1.82, 2.24) is 9.91 Å². The third kappa shape index (κ3) is 9720. The molecule has 0 saturated heterocycles. The van der Waals surface area contributed by atoms with Gasteiger partial charge in [-0.25, -0.2) is 0 Å². The highest BCUT2D eigenvalue weighted by Crippen LogP contribution is 1.47. The molecule has 0 aromatic heterocycles. The molecule has 2 N–H and O–H groups in total. The van der Waals surface area contributed by atoms with E-state index < -0.39 is 0 Å². The lowest BCUT2D eigenvalue weighted by Gasteiger charge is -1.91. The topological polar surface area (TPSA) is 32.5 Å². The Morgan fingerprint density at radius 3 is 0.875 bits per heavy atom. The lowest BCUT2D eigenvalue weighted by atomic mass is 11.0. The third-order valence-electron chi connectivity index (χ3n) is 0. The molecule has 0 saturated carbocycles. The second-order valence-electron chi connectivity index (χ2n) is 2.31. The molecule has 3 nitrogen and oxygen atoms in total. The zero-order valence-electron chi connectivity index (χ0n) is 6.47. The molecule has 0 aliphatic carbocycles. The minimum atomic E-state index is 1.50. The van der Waals surface area contributed by atoms with Crippen LogP contribution in [0.2, 0.25) is 0 Å². The van der Waals surface area contributed by atoms with Gasteiger partial charge < -0.3 is 4.90 Å². The zero-order valence-corrected chi connectivity index (χ0v) is 6.47. The van der Waals surface area contributed by atoms with Crippen LogP contribution < -0.4 is 5.84 Å². The number of hydrazine groups is 1. The largest absolute Gasteiger partial charge is 0.312 e. The minimum absolute atomic E-state index is 1.50. The second kappa shape index (κ2) is 6.88. The Morgan fingerprint density at radius 1 is 0.875 bits per heavy atom. The highest BCUT2D eigenvalue weighted by Gasteiger charge is 1.58. The Hall–Kier alpha value is -0.120. The van der Waals surface area contributed by atoms with Crippen LogP contribution in [0.25, 0.3) is 0 Å². The van der Waals surface area contributed by atoms with E-state index >= 15 is 0 Å². The summed E-state index contributed by atoms with van der Waals surface area (Å²) >= 11 is 0. The highest BCUT2D eigenvalue weighted by molar-refractivity contribution is 4.09. The maximum absolute atomic E-state index is 4.94. The van der Waals surface area contributed by atoms with Crippen molar-refractivity contribution in [2.75, 3.05) is 35.2 Å². The third-order valence-corrected chi connectivity index (χ3v) is 0. The molecule has 0 radical (unpaired) electrons. The van der Waals surface area contributed by atoms with Crippen molar-refractivity contribution in [3.05, 3.63) is 0 Å². The lowest BCUT2D eigenvalue weighted by Crippen LogP contribution is -2.18. The monoisotopic (exact) mass is 119 g/mol. The fraction of sp³-hybridized carbons (Fsp3) is 1.00. The summed E-state index contributed by atoms with van der Waals surface area (Å²) in [4.78, 5) is 2.00. The van der Waals surface area contributed by atoms with Crippen LogP contribution in [0.1, 0.15) is 0 Å². The summed E-state index contributed by atoms with van der Waals surface area (Å²) in [6.45, 7) is 0. The van der Waals surface area contributed by atoms with Gasteiger partial charge >= 0.3 is 0 Å². The van der Waals surface area contributed by atoms with Gasteiger partial charge in [0.2, 0.25) is 0 Å². The molecule has 0 bridgehead atoms. The van der Waals surface area contributed by atoms with Gasteiger partial charge in [-0.3, -0.25) is 10.9 Å². The van der Waals surface area contributed by atoms with Gasteiger partial charge in [0, 0.05) is 14.1 Å². The smallest absolute Gasteiger partial charge is 0.00105 e. The zero-order chi connectivity index (χ0) is 7.15. The maximum Gasteiger partial charge on any atom is 0.00105 e. The van der Waals surface area contributed by atoms with E-state index in [1.54, 1.807) is 14.1 Å². The van der Waals surface area contributed by atoms with Gasteiger partial charge in [0.15, 0.2) is 0 Å². The van der Waals surface area contributed by atoms with E-state index in [1.165, 1.54) is 5.01 Å². The van der Waals surface area contributed by atoms with E-state index in [-0.39, 0.29) is 0 Å². The van der Waals surface area contributed by atoms with E-state index in [1.807, 2.05) is 26.0 Å². The van der Waals surface area contributed by atoms with Crippen LogP contribution in [-0.2, 0) is 0 Å². The van der Waals surface area contributed by atoms with Crippen LogP contribution in [0, 0.1) is 0 Å². The molecule has 0 rings (SSSR count). The van der Waals surface area contributed by atoms with Crippen molar-refractivity contribution in [2.24, 2.45) is 5.84 Å². The first-order chi connectivity index (χ1) is 3.46. The SMILES string of the molecule is CN(C)C.CN(C)N. The Morgan fingerprint density at radius 2 is 0.875 bits per heavy atom. The second-order valence-corrected chi connectivity index (χ2v) is 2.31. The highest BCUT2D eigenvalue weighted by atomic mass is 15.4. The number of nitrogens with two attached hydrogens (primary N) is 1. The van der Waals surface area contributed by atoms with Crippen molar-refractivity contribution in [3.8, 4) is 0 Å². The molecular formula is C5H17N3. The number of hydrogen-bond acceptors (Lipinski definition) is 3. The predicted molar refractivity (Wildman–Crippen MR) is 37.5 cm³/mol. The summed E-state index contributed by atoms with van der Waals surface area (Å²) in [6.07, 6.45) is 0. The summed E-state index contributed by atoms with van der Waals surface area (Å²) in [5, 5.41) is 1.50. The molecule has 0 amide bonds. The van der Waals surface area contributed by atoms with E-state index in [9.17, 15) is 0 Å². The van der Waals surface area contributed by atoms with Crippen molar-refractivity contribution >= 4 is 0 Å². The standard InChI is InChI=1S/C3H9N.C2H8N2/c2*1-4(2)3/h1-3H3;3H2,1-2H3. The summed E-state index contributed by atoms with van der Waals surface area (Å²) in [5.74, 6) is 4.94. The van der Waals surface area contributed by atoms with Gasteiger partial charge in [-0.1, -0.05) is 0 Å². The average Bonchev–Trinajstić information content (AvgIpc) is 1.25. The van der Waals surface area contributed by atoms with Crippen molar-refractivity contribution in [3.63, 3.8) is 0 Å². The molecule has 0 aliphatic heterocycles. The quantitative estimate of drug-likeness (QED) is 0.348. The average molecular weight is 119 g/mol. The summed E-state index contributed by atoms with van der Waals surface area (Å²) in [5.41, 5.74) is 0. The van der Waals surface area contributed by atoms with E-state index in [4.69, 9.17) is 5.84 Å². The molecule has 0 atom stereocenters. The van der Waals surface area contributed by atoms with Crippen LogP contribution >= 0.6 is 0 Å². The first-order valence-corrected chi connectivity index (χ1v) is 2.49. The first-order valence-electron chi connectivity index (χ1n) is 2.49. The minimum Gasteiger partial charge on any atom is -0.312 e. The first kappa shape index (κ1) is 10.8. The normalized spacial score (nSPS) is 9.00. The summed E-state index contributed by atoms with van der Waals surface area (Å²) < 4.78 is 0. The molecule has 0 unspecified atom stereocenters. The molecule has 52 valence electrons. The Balaban J connectivity index is 0. The summed E-state index contributed by atoms with van der Waals surface area (Å²) in [6, 6.07) is 0. The van der Waals surface area contributed by atoms with Gasteiger partial charge in [0.1, 0.15) is 0 Å². The van der Waals surface area contributed by atoms with Crippen molar-refractivity contribution in [2.45, 2.75) is 0 Å². The Labute approximate surface area is 52.0 Å². The van der Waals surface area contributed by atoms with Crippen LogP contribution in [0.15, 0.2) is 0 Å². The molecule has 3 heteroatoms. The maximum atomic E-state index is 4.94. The van der Waals surface area contributed by atoms with Crippen LogP contribution in [0.3, 0.4) is 0 Å². The molecule has 0 aromatic rings. The fourth-order valence-corrected chi connectivity index (χ4v) is 0. The molecular weight excluding hydrogens is 102 g/mol. The van der Waals surface area contributed by atoms with Crippen LogP contribution in [0.4, 0.5) is 0 Å². The molecule has 0 heterocycles. The lowest BCUT2D eigenvalue weighted by molar-refractivity contribution is 0.432. The number of rotatable bonds is 0. The summed E-state index contributed by atoms with van der Waals surface area (Å²) in [7, 11) is 9.56. The van der Waals surface area contributed by atoms with E-state index in [0.717, 1.165) is 0 Å². The van der Waals surface area contributed by atoms with Crippen LogP contribution in [-0.4, -0.2) is 45.1 Å². The van der Waals surface area contributed by atoms with Gasteiger partial charge in [-0.15, -0.1) is 0 Å². The van der Waals surface area contributed by atoms with Gasteiger partial charge in [-0.05, 0) is 21.1 Å². The van der Waals surface area contributed by atoms with E-state index in [2.05, 4.69) is 0 Å². The van der Waals surface area contributed by atoms with Gasteiger partial charge in [0.05, 0.1) is 0 Å². The van der Waals surface area contributed by atoms with Gasteiger partial charge in [-0.2, -0.15) is 0 Å². The predicted octanol–water partition coefficient (Wildman–Crippen LogP) is -0.400. The van der Waals surface area contributed by atoms with Crippen molar-refractivity contribution in [1.29, 1.82) is 0 Å². The van der Waals surface area contributed by atoms with E-state index in [0.29, 0.717) is 0 Å². The Kier molecular flexibility index (Phi) is 9.28. The molecule has 0 aliphatic rings. The Bertz CT molecular complexity index is 23.1. The number of hydrogen-bond donors (Lipinski definition) is 1. The number of nitrogens with zero attached hydrogens (tertiary/aromatic N) is 2. The molecule has 0 aromatic carbocycles. The molecule has 0 fully saturated rings.